The maximum absolute atomic E-state index is 3.46. The molecular formula is C18H26N2. The van der Waals surface area contributed by atoms with Crippen LogP contribution in [0.25, 0.3) is 0 Å². The molecule has 1 saturated carbocycles. The molecule has 20 heavy (non-hydrogen) atoms. The lowest BCUT2D eigenvalue weighted by Gasteiger charge is -2.29. The Labute approximate surface area is 122 Å². The normalized spacial score (nSPS) is 26.9. The van der Waals surface area contributed by atoms with Crippen LogP contribution >= 0.6 is 0 Å². The molecule has 2 heterocycles. The molecule has 1 aromatic carbocycles. The third-order valence-electron chi connectivity index (χ3n) is 5.62. The molecule has 2 fully saturated rings. The number of benzene rings is 1. The molecule has 1 unspecified atom stereocenters. The lowest BCUT2D eigenvalue weighted by atomic mass is 9.95. The van der Waals surface area contributed by atoms with Crippen LogP contribution in [0.4, 0.5) is 5.69 Å². The average molecular weight is 270 g/mol. The summed E-state index contributed by atoms with van der Waals surface area (Å²) in [6.07, 6.45) is 9.96. The van der Waals surface area contributed by atoms with Gasteiger partial charge in [0.1, 0.15) is 0 Å². The fraction of sp³-hybridized carbons (Fsp3) is 0.667. The van der Waals surface area contributed by atoms with Crippen LogP contribution in [0.2, 0.25) is 0 Å². The highest BCUT2D eigenvalue weighted by Gasteiger charge is 2.33. The van der Waals surface area contributed by atoms with Gasteiger partial charge < -0.3 is 5.32 Å². The zero-order chi connectivity index (χ0) is 13.4. The monoisotopic (exact) mass is 270 g/mol. The molecule has 0 bridgehead atoms. The number of hydrogen-bond acceptors (Lipinski definition) is 2. The van der Waals surface area contributed by atoms with E-state index in [0.717, 1.165) is 18.5 Å². The van der Waals surface area contributed by atoms with Gasteiger partial charge in [0.25, 0.3) is 0 Å². The number of rotatable bonds is 3. The third kappa shape index (κ3) is 2.35. The first-order chi connectivity index (χ1) is 9.90. The standard InChI is InChI=1S/C18H26N2/c1-2-5-15(4-1)18-6-3-11-20(18)13-14-7-8-17-16(12-14)9-10-19-17/h7-8,12,15,18-19H,1-6,9-11,13H2. The van der Waals surface area contributed by atoms with Gasteiger partial charge in [0.05, 0.1) is 0 Å². The number of likely N-dealkylation sites (tertiary alicyclic amines) is 1. The van der Waals surface area contributed by atoms with E-state index < -0.39 is 0 Å². The minimum absolute atomic E-state index is 0.879. The molecule has 0 radical (unpaired) electrons. The molecule has 0 aromatic heterocycles. The van der Waals surface area contributed by atoms with Gasteiger partial charge in [-0.05, 0) is 61.8 Å². The minimum atomic E-state index is 0.879. The Hall–Kier alpha value is -1.02. The largest absolute Gasteiger partial charge is 0.384 e. The predicted octanol–water partition coefficient (Wildman–Crippen LogP) is 3.81. The molecular weight excluding hydrogens is 244 g/mol. The maximum atomic E-state index is 3.46. The Morgan fingerprint density at radius 1 is 1.10 bits per heavy atom. The summed E-state index contributed by atoms with van der Waals surface area (Å²) in [5.74, 6) is 0.994. The fourth-order valence-electron chi connectivity index (χ4n) is 4.62. The molecule has 2 aliphatic heterocycles. The van der Waals surface area contributed by atoms with Gasteiger partial charge in [0.2, 0.25) is 0 Å². The zero-order valence-corrected chi connectivity index (χ0v) is 12.4. The van der Waals surface area contributed by atoms with Crippen molar-refractivity contribution >= 4 is 5.69 Å². The summed E-state index contributed by atoms with van der Waals surface area (Å²) in [6, 6.07) is 7.95. The zero-order valence-electron chi connectivity index (χ0n) is 12.4. The molecule has 1 N–H and O–H groups in total. The average Bonchev–Trinajstić information content (AvgIpc) is 3.19. The van der Waals surface area contributed by atoms with Gasteiger partial charge in [-0.15, -0.1) is 0 Å². The highest BCUT2D eigenvalue weighted by atomic mass is 15.2. The first kappa shape index (κ1) is 12.7. The number of hydrogen-bond donors (Lipinski definition) is 1. The van der Waals surface area contributed by atoms with E-state index in [1.54, 1.807) is 0 Å². The van der Waals surface area contributed by atoms with Crippen LogP contribution in [-0.2, 0) is 13.0 Å². The summed E-state index contributed by atoms with van der Waals surface area (Å²) in [6.45, 7) is 3.61. The van der Waals surface area contributed by atoms with Crippen LogP contribution in [0.5, 0.6) is 0 Å². The Kier molecular flexibility index (Phi) is 3.43. The molecule has 2 nitrogen and oxygen atoms in total. The van der Waals surface area contributed by atoms with Gasteiger partial charge in [-0.25, -0.2) is 0 Å². The van der Waals surface area contributed by atoms with E-state index in [1.807, 2.05) is 0 Å². The Morgan fingerprint density at radius 2 is 2.00 bits per heavy atom. The van der Waals surface area contributed by atoms with E-state index in [2.05, 4.69) is 28.4 Å². The van der Waals surface area contributed by atoms with Crippen LogP contribution in [0.1, 0.15) is 49.7 Å². The molecule has 1 aromatic rings. The summed E-state index contributed by atoms with van der Waals surface area (Å²) >= 11 is 0. The number of anilines is 1. The van der Waals surface area contributed by atoms with Gasteiger partial charge in [0, 0.05) is 24.8 Å². The molecule has 2 heteroatoms. The van der Waals surface area contributed by atoms with Crippen molar-refractivity contribution < 1.29 is 0 Å². The van der Waals surface area contributed by atoms with Crippen molar-refractivity contribution in [1.29, 1.82) is 0 Å². The quantitative estimate of drug-likeness (QED) is 0.898. The Bertz CT molecular complexity index is 476. The van der Waals surface area contributed by atoms with Crippen molar-refractivity contribution in [3.63, 3.8) is 0 Å². The van der Waals surface area contributed by atoms with Gasteiger partial charge >= 0.3 is 0 Å². The Balaban J connectivity index is 1.47. The fourth-order valence-corrected chi connectivity index (χ4v) is 4.62. The van der Waals surface area contributed by atoms with Crippen molar-refractivity contribution in [3.8, 4) is 0 Å². The smallest absolute Gasteiger partial charge is 0.0373 e. The first-order valence-corrected chi connectivity index (χ1v) is 8.50. The SMILES string of the molecule is c1cc2c(cc1CN1CCCC1C1CCCC1)CCN2. The molecule has 1 saturated heterocycles. The molecule has 1 aliphatic carbocycles. The molecule has 108 valence electrons. The Morgan fingerprint density at radius 3 is 2.90 bits per heavy atom. The topological polar surface area (TPSA) is 15.3 Å². The number of nitrogens with zero attached hydrogens (tertiary/aromatic N) is 1. The molecule has 0 spiro atoms. The van der Waals surface area contributed by atoms with E-state index in [0.29, 0.717) is 0 Å². The second-order valence-electron chi connectivity index (χ2n) is 6.89. The lowest BCUT2D eigenvalue weighted by molar-refractivity contribution is 0.183. The van der Waals surface area contributed by atoms with Crippen molar-refractivity contribution in [2.75, 3.05) is 18.4 Å². The van der Waals surface area contributed by atoms with E-state index in [-0.39, 0.29) is 0 Å². The molecule has 0 amide bonds. The minimum Gasteiger partial charge on any atom is -0.384 e. The van der Waals surface area contributed by atoms with Gasteiger partial charge in [0.15, 0.2) is 0 Å². The van der Waals surface area contributed by atoms with Gasteiger partial charge in [-0.3, -0.25) is 4.90 Å². The number of fused-ring (bicyclic) bond motifs is 1. The first-order valence-electron chi connectivity index (χ1n) is 8.50. The van der Waals surface area contributed by atoms with E-state index in [4.69, 9.17) is 0 Å². The highest BCUT2D eigenvalue weighted by Crippen LogP contribution is 2.36. The van der Waals surface area contributed by atoms with Crippen molar-refractivity contribution in [3.05, 3.63) is 29.3 Å². The second kappa shape index (κ2) is 5.40. The summed E-state index contributed by atoms with van der Waals surface area (Å²) in [5.41, 5.74) is 4.42. The maximum Gasteiger partial charge on any atom is 0.0373 e. The third-order valence-corrected chi connectivity index (χ3v) is 5.62. The van der Waals surface area contributed by atoms with Crippen LogP contribution in [0.15, 0.2) is 18.2 Å². The summed E-state index contributed by atoms with van der Waals surface area (Å²) in [5, 5.41) is 3.46. The summed E-state index contributed by atoms with van der Waals surface area (Å²) in [7, 11) is 0. The number of nitrogens with one attached hydrogen (secondary N) is 1. The second-order valence-corrected chi connectivity index (χ2v) is 6.89. The molecule has 4 rings (SSSR count). The molecule has 3 aliphatic rings. The van der Waals surface area contributed by atoms with E-state index >= 15 is 0 Å². The predicted molar refractivity (Wildman–Crippen MR) is 84.0 cm³/mol. The van der Waals surface area contributed by atoms with E-state index in [9.17, 15) is 0 Å². The van der Waals surface area contributed by atoms with Gasteiger partial charge in [-0.1, -0.05) is 25.0 Å². The van der Waals surface area contributed by atoms with Gasteiger partial charge in [-0.2, -0.15) is 0 Å². The van der Waals surface area contributed by atoms with Crippen LogP contribution in [-0.4, -0.2) is 24.0 Å². The summed E-state index contributed by atoms with van der Waals surface area (Å²) < 4.78 is 0. The van der Waals surface area contributed by atoms with Crippen LogP contribution < -0.4 is 5.32 Å². The highest BCUT2D eigenvalue weighted by molar-refractivity contribution is 5.56. The van der Waals surface area contributed by atoms with E-state index in [1.165, 1.54) is 74.8 Å². The van der Waals surface area contributed by atoms with Crippen LogP contribution in [0, 0.1) is 5.92 Å². The van der Waals surface area contributed by atoms with Crippen LogP contribution in [0.3, 0.4) is 0 Å². The van der Waals surface area contributed by atoms with Crippen molar-refractivity contribution in [2.45, 2.75) is 57.5 Å². The summed E-state index contributed by atoms with van der Waals surface area (Å²) in [4.78, 5) is 2.78. The molecule has 1 atom stereocenters. The van der Waals surface area contributed by atoms with Crippen molar-refractivity contribution in [1.82, 2.24) is 4.90 Å². The van der Waals surface area contributed by atoms with Crippen molar-refractivity contribution in [2.24, 2.45) is 5.92 Å². The lowest BCUT2D eigenvalue weighted by Crippen LogP contribution is -2.34.